The van der Waals surface area contributed by atoms with Gasteiger partial charge in [-0.05, 0) is 27.3 Å². The lowest BCUT2D eigenvalue weighted by molar-refractivity contribution is -0.0952. The molecule has 2 aliphatic heterocycles. The minimum Gasteiger partial charge on any atom is -0.381 e. The summed E-state index contributed by atoms with van der Waals surface area (Å²) in [5.41, 5.74) is 0.00289. The number of morpholine rings is 1. The van der Waals surface area contributed by atoms with Gasteiger partial charge in [0, 0.05) is 38.2 Å². The van der Waals surface area contributed by atoms with Crippen LogP contribution in [0, 0.1) is 5.92 Å². The molecule has 0 aromatic heterocycles. The third kappa shape index (κ3) is 3.65. The van der Waals surface area contributed by atoms with Crippen LogP contribution in [0.1, 0.15) is 20.3 Å². The van der Waals surface area contributed by atoms with E-state index >= 15 is 0 Å². The van der Waals surface area contributed by atoms with Crippen LogP contribution in [-0.2, 0) is 9.47 Å². The Labute approximate surface area is 105 Å². The summed E-state index contributed by atoms with van der Waals surface area (Å²) in [7, 11) is 2.06. The van der Waals surface area contributed by atoms with E-state index in [1.165, 1.54) is 0 Å². The zero-order valence-corrected chi connectivity index (χ0v) is 11.4. The van der Waals surface area contributed by atoms with Crippen molar-refractivity contribution in [3.8, 4) is 0 Å². The molecule has 2 unspecified atom stereocenters. The predicted molar refractivity (Wildman–Crippen MR) is 68.2 cm³/mol. The van der Waals surface area contributed by atoms with Crippen molar-refractivity contribution < 1.29 is 9.47 Å². The quantitative estimate of drug-likeness (QED) is 0.791. The molecule has 4 nitrogen and oxygen atoms in total. The number of ether oxygens (including phenoxy) is 2. The third-order valence-electron chi connectivity index (χ3n) is 3.84. The average molecular weight is 242 g/mol. The number of nitrogens with one attached hydrogen (secondary N) is 1. The van der Waals surface area contributed by atoms with Gasteiger partial charge in [0.15, 0.2) is 0 Å². The van der Waals surface area contributed by atoms with Gasteiger partial charge in [-0.25, -0.2) is 0 Å². The first-order chi connectivity index (χ1) is 8.11. The molecule has 0 saturated carbocycles. The topological polar surface area (TPSA) is 33.7 Å². The first-order valence-electron chi connectivity index (χ1n) is 6.72. The van der Waals surface area contributed by atoms with Crippen LogP contribution < -0.4 is 5.32 Å². The van der Waals surface area contributed by atoms with Crippen LogP contribution in [0.25, 0.3) is 0 Å². The Morgan fingerprint density at radius 3 is 2.88 bits per heavy atom. The van der Waals surface area contributed by atoms with E-state index in [-0.39, 0.29) is 5.60 Å². The van der Waals surface area contributed by atoms with Crippen molar-refractivity contribution in [2.24, 2.45) is 5.92 Å². The lowest BCUT2D eigenvalue weighted by Crippen LogP contribution is -2.53. The largest absolute Gasteiger partial charge is 0.381 e. The van der Waals surface area contributed by atoms with Crippen molar-refractivity contribution in [3.05, 3.63) is 0 Å². The van der Waals surface area contributed by atoms with Crippen LogP contribution in [0.15, 0.2) is 0 Å². The number of hydrogen-bond donors (Lipinski definition) is 1. The van der Waals surface area contributed by atoms with E-state index in [1.807, 2.05) is 0 Å². The second kappa shape index (κ2) is 5.65. The summed E-state index contributed by atoms with van der Waals surface area (Å²) in [4.78, 5) is 2.52. The minimum absolute atomic E-state index is 0.00289. The highest BCUT2D eigenvalue weighted by atomic mass is 16.5. The molecule has 2 atom stereocenters. The van der Waals surface area contributed by atoms with Crippen LogP contribution in [-0.4, -0.2) is 63.0 Å². The Kier molecular flexibility index (Phi) is 4.42. The van der Waals surface area contributed by atoms with E-state index in [9.17, 15) is 0 Å². The van der Waals surface area contributed by atoms with E-state index in [0.29, 0.717) is 12.0 Å². The predicted octanol–water partition coefficient (Wildman–Crippen LogP) is 0.722. The van der Waals surface area contributed by atoms with Gasteiger partial charge in [-0.2, -0.15) is 0 Å². The summed E-state index contributed by atoms with van der Waals surface area (Å²) in [6.45, 7) is 10.2. The van der Waals surface area contributed by atoms with Crippen molar-refractivity contribution in [1.82, 2.24) is 10.2 Å². The van der Waals surface area contributed by atoms with Crippen molar-refractivity contribution >= 4 is 0 Å². The molecule has 0 spiro atoms. The first kappa shape index (κ1) is 13.3. The highest BCUT2D eigenvalue weighted by molar-refractivity contribution is 4.85. The molecule has 0 radical (unpaired) electrons. The molecule has 0 aromatic carbocycles. The van der Waals surface area contributed by atoms with Crippen molar-refractivity contribution in [2.45, 2.75) is 31.9 Å². The van der Waals surface area contributed by atoms with Gasteiger partial charge in [-0.1, -0.05) is 0 Å². The Hall–Kier alpha value is -0.160. The molecule has 2 rings (SSSR count). The highest BCUT2D eigenvalue weighted by Crippen LogP contribution is 2.21. The molecule has 0 amide bonds. The molecule has 1 N–H and O–H groups in total. The Balaban J connectivity index is 1.86. The molecule has 2 saturated heterocycles. The number of rotatable bonds is 3. The van der Waals surface area contributed by atoms with E-state index < -0.39 is 0 Å². The normalized spacial score (nSPS) is 34.8. The fraction of sp³-hybridized carbons (Fsp3) is 1.00. The summed E-state index contributed by atoms with van der Waals surface area (Å²) in [6, 6.07) is 0.606. The molecule has 2 aliphatic rings. The SMILES string of the molecule is CNC1CCOCC1CN1CCOC(C)(C)C1. The Morgan fingerprint density at radius 2 is 2.18 bits per heavy atom. The molecule has 0 bridgehead atoms. The lowest BCUT2D eigenvalue weighted by atomic mass is 9.94. The van der Waals surface area contributed by atoms with E-state index in [4.69, 9.17) is 9.47 Å². The molecule has 0 aromatic rings. The maximum Gasteiger partial charge on any atom is 0.0753 e. The smallest absolute Gasteiger partial charge is 0.0753 e. The minimum atomic E-state index is 0.00289. The number of nitrogens with zero attached hydrogens (tertiary/aromatic N) is 1. The van der Waals surface area contributed by atoms with Crippen molar-refractivity contribution in [2.75, 3.05) is 46.5 Å². The summed E-state index contributed by atoms with van der Waals surface area (Å²) >= 11 is 0. The maximum atomic E-state index is 5.75. The molecule has 100 valence electrons. The molecule has 17 heavy (non-hydrogen) atoms. The van der Waals surface area contributed by atoms with Gasteiger partial charge < -0.3 is 14.8 Å². The number of hydrogen-bond acceptors (Lipinski definition) is 4. The van der Waals surface area contributed by atoms with Gasteiger partial charge in [0.1, 0.15) is 0 Å². The molecule has 2 heterocycles. The van der Waals surface area contributed by atoms with Gasteiger partial charge in [0.25, 0.3) is 0 Å². The highest BCUT2D eigenvalue weighted by Gasteiger charge is 2.31. The van der Waals surface area contributed by atoms with Crippen LogP contribution in [0.3, 0.4) is 0 Å². The van der Waals surface area contributed by atoms with Gasteiger partial charge in [-0.15, -0.1) is 0 Å². The lowest BCUT2D eigenvalue weighted by Gasteiger charge is -2.41. The summed E-state index contributed by atoms with van der Waals surface area (Å²) in [5, 5.41) is 3.43. The second-order valence-electron chi connectivity index (χ2n) is 5.86. The monoisotopic (exact) mass is 242 g/mol. The summed E-state index contributed by atoms with van der Waals surface area (Å²) in [6.07, 6.45) is 1.13. The van der Waals surface area contributed by atoms with E-state index in [0.717, 1.165) is 45.9 Å². The van der Waals surface area contributed by atoms with E-state index in [1.54, 1.807) is 0 Å². The van der Waals surface area contributed by atoms with Gasteiger partial charge in [0.05, 0.1) is 18.8 Å². The molecule has 0 aliphatic carbocycles. The first-order valence-corrected chi connectivity index (χ1v) is 6.72. The van der Waals surface area contributed by atoms with Gasteiger partial charge in [0.2, 0.25) is 0 Å². The zero-order chi connectivity index (χ0) is 12.3. The van der Waals surface area contributed by atoms with Gasteiger partial charge in [-0.3, -0.25) is 4.90 Å². The van der Waals surface area contributed by atoms with Crippen LogP contribution in [0.4, 0.5) is 0 Å². The zero-order valence-electron chi connectivity index (χ0n) is 11.4. The van der Waals surface area contributed by atoms with Gasteiger partial charge >= 0.3 is 0 Å². The molecule has 4 heteroatoms. The molecular formula is C13H26N2O2. The fourth-order valence-corrected chi connectivity index (χ4v) is 2.96. The maximum absolute atomic E-state index is 5.75. The Morgan fingerprint density at radius 1 is 1.35 bits per heavy atom. The Bertz CT molecular complexity index is 246. The van der Waals surface area contributed by atoms with Crippen molar-refractivity contribution in [1.29, 1.82) is 0 Å². The van der Waals surface area contributed by atoms with Crippen LogP contribution in [0.2, 0.25) is 0 Å². The summed E-state index contributed by atoms with van der Waals surface area (Å²) in [5.74, 6) is 0.614. The van der Waals surface area contributed by atoms with Crippen LogP contribution in [0.5, 0.6) is 0 Å². The average Bonchev–Trinajstić information content (AvgIpc) is 2.28. The van der Waals surface area contributed by atoms with Crippen LogP contribution >= 0.6 is 0 Å². The summed E-state index contributed by atoms with van der Waals surface area (Å²) < 4.78 is 11.4. The molecule has 2 fully saturated rings. The fourth-order valence-electron chi connectivity index (χ4n) is 2.96. The standard InChI is InChI=1S/C13H26N2O2/c1-13(2)10-15(5-7-17-13)8-11-9-16-6-4-12(11)14-3/h11-12,14H,4-10H2,1-3H3. The van der Waals surface area contributed by atoms with E-state index in [2.05, 4.69) is 31.1 Å². The molecular weight excluding hydrogens is 216 g/mol. The van der Waals surface area contributed by atoms with Crippen molar-refractivity contribution in [3.63, 3.8) is 0 Å². The third-order valence-corrected chi connectivity index (χ3v) is 3.84. The second-order valence-corrected chi connectivity index (χ2v) is 5.86.